The standard InChI is InChI=1S/C16H19BN4O4/c1-16(2,3)9-7-11(21-15(23)20(4)18-19-21)13(8-10(9)17)25-12-5-6-24-14(12)22/h7-8,12H,5-6H2,1-4H3. The van der Waals surface area contributed by atoms with Crippen LogP contribution in [0.4, 0.5) is 0 Å². The maximum absolute atomic E-state index is 12.3. The van der Waals surface area contributed by atoms with Crippen molar-refractivity contribution in [1.82, 2.24) is 19.8 Å². The van der Waals surface area contributed by atoms with Gasteiger partial charge >= 0.3 is 11.7 Å². The van der Waals surface area contributed by atoms with Crippen LogP contribution in [0.25, 0.3) is 5.69 Å². The zero-order chi connectivity index (χ0) is 18.4. The summed E-state index contributed by atoms with van der Waals surface area (Å²) >= 11 is 0. The minimum atomic E-state index is -0.731. The first-order valence-corrected chi connectivity index (χ1v) is 7.95. The Morgan fingerprint density at radius 3 is 2.52 bits per heavy atom. The van der Waals surface area contributed by atoms with Gasteiger partial charge in [-0.3, -0.25) is 0 Å². The number of nitrogens with zero attached hydrogens (tertiary/aromatic N) is 4. The lowest BCUT2D eigenvalue weighted by atomic mass is 9.77. The Kier molecular flexibility index (Phi) is 4.18. The van der Waals surface area contributed by atoms with Gasteiger partial charge in [-0.25, -0.2) is 9.59 Å². The molecule has 9 heteroatoms. The van der Waals surface area contributed by atoms with Gasteiger partial charge in [-0.05, 0) is 33.5 Å². The van der Waals surface area contributed by atoms with Crippen LogP contribution in [0.15, 0.2) is 16.9 Å². The van der Waals surface area contributed by atoms with Crippen LogP contribution in [-0.4, -0.2) is 46.3 Å². The molecule has 1 aliphatic heterocycles. The lowest BCUT2D eigenvalue weighted by Crippen LogP contribution is -2.29. The predicted octanol–water partition coefficient (Wildman–Crippen LogP) is -0.248. The van der Waals surface area contributed by atoms with Gasteiger partial charge in [-0.1, -0.05) is 26.2 Å². The van der Waals surface area contributed by atoms with E-state index in [4.69, 9.17) is 17.3 Å². The lowest BCUT2D eigenvalue weighted by molar-refractivity contribution is -0.143. The van der Waals surface area contributed by atoms with Crippen LogP contribution >= 0.6 is 0 Å². The van der Waals surface area contributed by atoms with E-state index in [9.17, 15) is 9.59 Å². The van der Waals surface area contributed by atoms with Crippen LogP contribution < -0.4 is 15.9 Å². The number of benzene rings is 1. The maximum atomic E-state index is 12.3. The fourth-order valence-electron chi connectivity index (χ4n) is 2.70. The van der Waals surface area contributed by atoms with Crippen molar-refractivity contribution in [3.05, 3.63) is 28.2 Å². The normalized spacial score (nSPS) is 17.6. The summed E-state index contributed by atoms with van der Waals surface area (Å²) < 4.78 is 13.0. The van der Waals surface area contributed by atoms with Gasteiger partial charge in [-0.15, -0.1) is 0 Å². The van der Waals surface area contributed by atoms with Crippen LogP contribution in [0.3, 0.4) is 0 Å². The summed E-state index contributed by atoms with van der Waals surface area (Å²) in [6, 6.07) is 3.36. The highest BCUT2D eigenvalue weighted by molar-refractivity contribution is 6.33. The van der Waals surface area contributed by atoms with Gasteiger partial charge in [-0.2, -0.15) is 9.36 Å². The van der Waals surface area contributed by atoms with Gasteiger partial charge in [0.2, 0.25) is 0 Å². The number of carbonyl (C=O) groups is 1. The Hall–Kier alpha value is -2.58. The van der Waals surface area contributed by atoms with E-state index in [0.717, 1.165) is 14.9 Å². The molecular formula is C16H19BN4O4. The van der Waals surface area contributed by atoms with Crippen molar-refractivity contribution in [3.8, 4) is 11.4 Å². The van der Waals surface area contributed by atoms with E-state index < -0.39 is 17.8 Å². The molecule has 8 nitrogen and oxygen atoms in total. The van der Waals surface area contributed by atoms with Gasteiger partial charge in [0.25, 0.3) is 0 Å². The zero-order valence-electron chi connectivity index (χ0n) is 14.6. The smallest absolute Gasteiger partial charge is 0.368 e. The number of aromatic nitrogens is 4. The quantitative estimate of drug-likeness (QED) is 0.565. The van der Waals surface area contributed by atoms with E-state index >= 15 is 0 Å². The van der Waals surface area contributed by atoms with E-state index in [1.807, 2.05) is 20.8 Å². The zero-order valence-corrected chi connectivity index (χ0v) is 14.6. The van der Waals surface area contributed by atoms with Crippen LogP contribution in [0, 0.1) is 0 Å². The predicted molar refractivity (Wildman–Crippen MR) is 90.7 cm³/mol. The molecular weight excluding hydrogens is 323 g/mol. The minimum Gasteiger partial charge on any atom is -0.476 e. The molecule has 130 valence electrons. The molecule has 2 aromatic rings. The van der Waals surface area contributed by atoms with Gasteiger partial charge in [0, 0.05) is 13.5 Å². The van der Waals surface area contributed by atoms with E-state index in [1.165, 1.54) is 7.05 Å². The molecule has 0 aliphatic carbocycles. The lowest BCUT2D eigenvalue weighted by Gasteiger charge is -2.24. The van der Waals surface area contributed by atoms with Crippen molar-refractivity contribution in [1.29, 1.82) is 0 Å². The van der Waals surface area contributed by atoms with Crippen LogP contribution in [0.2, 0.25) is 0 Å². The third-order valence-electron chi connectivity index (χ3n) is 4.05. The molecule has 1 saturated heterocycles. The van der Waals surface area contributed by atoms with E-state index in [2.05, 4.69) is 10.4 Å². The number of hydrogen-bond donors (Lipinski definition) is 0. The molecule has 2 radical (unpaired) electrons. The number of hydrogen-bond acceptors (Lipinski definition) is 6. The molecule has 25 heavy (non-hydrogen) atoms. The average Bonchev–Trinajstić information content (AvgIpc) is 3.06. The fourth-order valence-corrected chi connectivity index (χ4v) is 2.70. The van der Waals surface area contributed by atoms with Crippen molar-refractivity contribution in [2.45, 2.75) is 38.7 Å². The van der Waals surface area contributed by atoms with Crippen molar-refractivity contribution < 1.29 is 14.3 Å². The van der Waals surface area contributed by atoms with Crippen LogP contribution in [-0.2, 0) is 22.0 Å². The maximum Gasteiger partial charge on any atom is 0.368 e. The molecule has 1 aliphatic rings. The second-order valence-electron chi connectivity index (χ2n) is 7.02. The molecule has 1 fully saturated rings. The number of aryl methyl sites for hydroxylation is 1. The summed E-state index contributed by atoms with van der Waals surface area (Å²) in [6.07, 6.45) is -0.291. The molecule has 0 bridgehead atoms. The number of cyclic esters (lactones) is 1. The Morgan fingerprint density at radius 1 is 1.28 bits per heavy atom. The largest absolute Gasteiger partial charge is 0.476 e. The Bertz CT molecular complexity index is 881. The monoisotopic (exact) mass is 342 g/mol. The van der Waals surface area contributed by atoms with Gasteiger partial charge in [0.1, 0.15) is 19.3 Å². The highest BCUT2D eigenvalue weighted by Gasteiger charge is 2.30. The summed E-state index contributed by atoms with van der Waals surface area (Å²) in [5.74, 6) is -0.145. The van der Waals surface area contributed by atoms with Gasteiger partial charge in [0.15, 0.2) is 6.10 Å². The first kappa shape index (κ1) is 17.3. The topological polar surface area (TPSA) is 88.2 Å². The van der Waals surface area contributed by atoms with Crippen molar-refractivity contribution in [2.75, 3.05) is 6.61 Å². The first-order chi connectivity index (χ1) is 11.7. The summed E-state index contributed by atoms with van der Waals surface area (Å²) in [5.41, 5.74) is 1.05. The Morgan fingerprint density at radius 2 is 2.00 bits per heavy atom. The molecule has 1 aromatic carbocycles. The Labute approximate surface area is 146 Å². The van der Waals surface area contributed by atoms with E-state index in [0.29, 0.717) is 24.2 Å². The fraction of sp³-hybridized carbons (Fsp3) is 0.500. The highest BCUT2D eigenvalue weighted by atomic mass is 16.6. The third kappa shape index (κ3) is 3.18. The van der Waals surface area contributed by atoms with Crippen molar-refractivity contribution in [3.63, 3.8) is 0 Å². The first-order valence-electron chi connectivity index (χ1n) is 7.95. The summed E-state index contributed by atoms with van der Waals surface area (Å²) in [5, 5.41) is 7.61. The van der Waals surface area contributed by atoms with E-state index in [-0.39, 0.29) is 11.2 Å². The highest BCUT2D eigenvalue weighted by Crippen LogP contribution is 2.29. The summed E-state index contributed by atoms with van der Waals surface area (Å²) in [6.45, 7) is 6.34. The number of ether oxygens (including phenoxy) is 2. The average molecular weight is 342 g/mol. The van der Waals surface area contributed by atoms with Gasteiger partial charge in [0.05, 0.1) is 6.61 Å². The molecule has 1 unspecified atom stereocenters. The number of rotatable bonds is 3. The van der Waals surface area contributed by atoms with E-state index in [1.54, 1.807) is 12.1 Å². The Balaban J connectivity index is 2.15. The minimum absolute atomic E-state index is 0.254. The molecule has 0 spiro atoms. The second-order valence-corrected chi connectivity index (χ2v) is 7.02. The van der Waals surface area contributed by atoms with Crippen LogP contribution in [0.5, 0.6) is 5.75 Å². The molecule has 1 atom stereocenters. The van der Waals surface area contributed by atoms with Crippen molar-refractivity contribution >= 4 is 19.3 Å². The number of tetrazole rings is 1. The number of esters is 1. The molecule has 0 saturated carbocycles. The SMILES string of the molecule is [B]c1cc(OC2CCOC2=O)c(-n2nnn(C)c2=O)cc1C(C)(C)C. The second kappa shape index (κ2) is 6.05. The third-order valence-corrected chi connectivity index (χ3v) is 4.05. The van der Waals surface area contributed by atoms with Gasteiger partial charge < -0.3 is 9.47 Å². The van der Waals surface area contributed by atoms with Crippen LogP contribution in [0.1, 0.15) is 32.8 Å². The summed E-state index contributed by atoms with van der Waals surface area (Å²) in [7, 11) is 7.68. The molecule has 3 rings (SSSR count). The molecule has 1 aromatic heterocycles. The molecule has 2 heterocycles. The molecule has 0 N–H and O–H groups in total. The molecule has 0 amide bonds. The van der Waals surface area contributed by atoms with Crippen molar-refractivity contribution in [2.24, 2.45) is 7.05 Å². The summed E-state index contributed by atoms with van der Waals surface area (Å²) in [4.78, 5) is 24.0. The number of carbonyl (C=O) groups excluding carboxylic acids is 1.